The van der Waals surface area contributed by atoms with Crippen LogP contribution in [-0.2, 0) is 6.54 Å². The summed E-state index contributed by atoms with van der Waals surface area (Å²) < 4.78 is 13.7. The van der Waals surface area contributed by atoms with Crippen molar-refractivity contribution in [2.24, 2.45) is 0 Å². The van der Waals surface area contributed by atoms with Crippen LogP contribution >= 0.6 is 22.9 Å². The van der Waals surface area contributed by atoms with E-state index in [-0.39, 0.29) is 11.6 Å². The number of thiophene rings is 1. The Bertz CT molecular complexity index is 614. The van der Waals surface area contributed by atoms with Gasteiger partial charge in [-0.2, -0.15) is 0 Å². The number of carbonyl (C=O) groups excluding carboxylic acids is 1. The number of nitrogen functional groups attached to an aromatic ring is 1. The van der Waals surface area contributed by atoms with Gasteiger partial charge in [0.25, 0.3) is 5.91 Å². The van der Waals surface area contributed by atoms with Gasteiger partial charge in [-0.15, -0.1) is 11.3 Å². The second-order valence-corrected chi connectivity index (χ2v) is 5.90. The number of halogens is 2. The highest BCUT2D eigenvalue weighted by Crippen LogP contribution is 2.23. The van der Waals surface area contributed by atoms with E-state index in [2.05, 4.69) is 0 Å². The first-order valence-electron chi connectivity index (χ1n) is 5.52. The van der Waals surface area contributed by atoms with Crippen molar-refractivity contribution in [2.75, 3.05) is 12.8 Å². The van der Waals surface area contributed by atoms with Crippen molar-refractivity contribution in [3.8, 4) is 0 Å². The molecule has 0 aliphatic heterocycles. The predicted octanol–water partition coefficient (Wildman–Crippen LogP) is 3.40. The maximum atomic E-state index is 13.0. The van der Waals surface area contributed by atoms with Crippen molar-refractivity contribution in [1.82, 2.24) is 4.90 Å². The number of hydrogen-bond donors (Lipinski definition) is 1. The Morgan fingerprint density at radius 3 is 2.74 bits per heavy atom. The largest absolute Gasteiger partial charge is 0.396 e. The molecule has 0 unspecified atom stereocenters. The number of nitrogens with zero attached hydrogens (tertiary/aromatic N) is 1. The highest BCUT2D eigenvalue weighted by atomic mass is 35.5. The molecule has 0 radical (unpaired) electrons. The molecule has 0 aliphatic carbocycles. The number of carbonyl (C=O) groups is 1. The molecule has 19 heavy (non-hydrogen) atoms. The van der Waals surface area contributed by atoms with Gasteiger partial charge in [0, 0.05) is 17.5 Å². The van der Waals surface area contributed by atoms with Gasteiger partial charge in [0.2, 0.25) is 0 Å². The van der Waals surface area contributed by atoms with E-state index < -0.39 is 5.82 Å². The lowest BCUT2D eigenvalue weighted by molar-refractivity contribution is 0.0786. The number of rotatable bonds is 3. The molecule has 0 fully saturated rings. The van der Waals surface area contributed by atoms with Gasteiger partial charge in [-0.25, -0.2) is 4.39 Å². The molecule has 6 heteroatoms. The summed E-state index contributed by atoms with van der Waals surface area (Å²) in [6, 6.07) is 7.62. The summed E-state index contributed by atoms with van der Waals surface area (Å²) in [4.78, 5) is 14.7. The predicted molar refractivity (Wildman–Crippen MR) is 75.9 cm³/mol. The van der Waals surface area contributed by atoms with Crippen molar-refractivity contribution >= 4 is 34.5 Å². The summed E-state index contributed by atoms with van der Waals surface area (Å²) in [5.74, 6) is -0.736. The first kappa shape index (κ1) is 13.8. The lowest BCUT2D eigenvalue weighted by Crippen LogP contribution is -2.25. The molecule has 0 saturated heterocycles. The molecule has 1 amide bonds. The molecule has 2 aromatic rings. The molecular weight excluding hydrogens is 287 g/mol. The highest BCUT2D eigenvalue weighted by Gasteiger charge is 2.14. The molecule has 1 aromatic heterocycles. The van der Waals surface area contributed by atoms with Gasteiger partial charge in [0.05, 0.1) is 16.6 Å². The summed E-state index contributed by atoms with van der Waals surface area (Å²) in [6.07, 6.45) is 0. The maximum absolute atomic E-state index is 13.0. The molecule has 0 saturated carbocycles. The van der Waals surface area contributed by atoms with Crippen LogP contribution in [0.2, 0.25) is 4.34 Å². The second-order valence-electron chi connectivity index (χ2n) is 4.10. The standard InChI is InChI=1S/C13H12ClFN2OS/c1-17(7-9-3-5-12(14)19-9)13(18)8-2-4-10(15)11(16)6-8/h2-6H,7,16H2,1H3. The summed E-state index contributed by atoms with van der Waals surface area (Å²) in [7, 11) is 1.68. The van der Waals surface area contributed by atoms with Crippen molar-refractivity contribution in [1.29, 1.82) is 0 Å². The zero-order valence-electron chi connectivity index (χ0n) is 10.2. The van der Waals surface area contributed by atoms with Crippen LogP contribution in [0.1, 0.15) is 15.2 Å². The van der Waals surface area contributed by atoms with Crippen LogP contribution in [0.15, 0.2) is 30.3 Å². The van der Waals surface area contributed by atoms with Crippen molar-refractivity contribution in [3.63, 3.8) is 0 Å². The van der Waals surface area contributed by atoms with Gasteiger partial charge in [0.1, 0.15) is 5.82 Å². The lowest BCUT2D eigenvalue weighted by Gasteiger charge is -2.16. The lowest BCUT2D eigenvalue weighted by atomic mass is 10.1. The molecule has 3 nitrogen and oxygen atoms in total. The third kappa shape index (κ3) is 3.24. The van der Waals surface area contributed by atoms with Crippen LogP contribution < -0.4 is 5.73 Å². The van der Waals surface area contributed by atoms with Crippen LogP contribution in [0.4, 0.5) is 10.1 Å². The van der Waals surface area contributed by atoms with Gasteiger partial charge in [-0.1, -0.05) is 11.6 Å². The summed E-state index contributed by atoms with van der Waals surface area (Å²) in [6.45, 7) is 0.452. The Labute approximate surface area is 119 Å². The van der Waals surface area contributed by atoms with Crippen LogP contribution in [0.5, 0.6) is 0 Å². The van der Waals surface area contributed by atoms with E-state index >= 15 is 0 Å². The Kier molecular flexibility index (Phi) is 4.07. The molecule has 100 valence electrons. The molecule has 2 N–H and O–H groups in total. The Morgan fingerprint density at radius 1 is 1.42 bits per heavy atom. The zero-order valence-corrected chi connectivity index (χ0v) is 11.8. The molecule has 0 bridgehead atoms. The smallest absolute Gasteiger partial charge is 0.254 e. The Hall–Kier alpha value is -1.59. The molecule has 2 rings (SSSR count). The van der Waals surface area contributed by atoms with Crippen molar-refractivity contribution < 1.29 is 9.18 Å². The summed E-state index contributed by atoms with van der Waals surface area (Å²) in [5, 5.41) is 0. The van der Waals surface area contributed by atoms with E-state index in [1.54, 1.807) is 13.1 Å². The topological polar surface area (TPSA) is 46.3 Å². The molecule has 1 heterocycles. The number of anilines is 1. The number of benzene rings is 1. The average Bonchev–Trinajstić information content (AvgIpc) is 2.77. The molecule has 0 atom stereocenters. The molecular formula is C13H12ClFN2OS. The van der Waals surface area contributed by atoms with E-state index in [9.17, 15) is 9.18 Å². The van der Waals surface area contributed by atoms with Crippen LogP contribution in [0.25, 0.3) is 0 Å². The van der Waals surface area contributed by atoms with Crippen molar-refractivity contribution in [3.05, 3.63) is 50.9 Å². The fourth-order valence-electron chi connectivity index (χ4n) is 1.64. The minimum absolute atomic E-state index is 0.0292. The van der Waals surface area contributed by atoms with Gasteiger partial charge in [0.15, 0.2) is 0 Å². The quantitative estimate of drug-likeness (QED) is 0.883. The molecule has 0 spiro atoms. The summed E-state index contributed by atoms with van der Waals surface area (Å²) in [5.41, 5.74) is 5.79. The monoisotopic (exact) mass is 298 g/mol. The third-order valence-electron chi connectivity index (χ3n) is 2.61. The average molecular weight is 299 g/mol. The number of hydrogen-bond acceptors (Lipinski definition) is 3. The Balaban J connectivity index is 2.12. The van der Waals surface area contributed by atoms with Gasteiger partial charge in [-0.3, -0.25) is 4.79 Å². The number of amides is 1. The number of nitrogens with two attached hydrogens (primary N) is 1. The summed E-state index contributed by atoms with van der Waals surface area (Å²) >= 11 is 7.26. The van der Waals surface area contributed by atoms with Gasteiger partial charge in [-0.05, 0) is 30.3 Å². The van der Waals surface area contributed by atoms with E-state index in [0.717, 1.165) is 4.88 Å². The normalized spacial score (nSPS) is 10.5. The minimum Gasteiger partial charge on any atom is -0.396 e. The van der Waals surface area contributed by atoms with E-state index in [1.165, 1.54) is 34.4 Å². The van der Waals surface area contributed by atoms with Crippen molar-refractivity contribution in [2.45, 2.75) is 6.54 Å². The fraction of sp³-hybridized carbons (Fsp3) is 0.154. The van der Waals surface area contributed by atoms with E-state index in [1.807, 2.05) is 6.07 Å². The molecule has 1 aromatic carbocycles. The second kappa shape index (κ2) is 5.59. The third-order valence-corrected chi connectivity index (χ3v) is 3.83. The first-order valence-corrected chi connectivity index (χ1v) is 6.71. The minimum atomic E-state index is -0.524. The van der Waals surface area contributed by atoms with Gasteiger partial charge >= 0.3 is 0 Å². The zero-order chi connectivity index (χ0) is 14.0. The van der Waals surface area contributed by atoms with Crippen LogP contribution in [0.3, 0.4) is 0 Å². The maximum Gasteiger partial charge on any atom is 0.254 e. The molecule has 0 aliphatic rings. The van der Waals surface area contributed by atoms with Crippen LogP contribution in [0, 0.1) is 5.82 Å². The first-order chi connectivity index (χ1) is 8.97. The van der Waals surface area contributed by atoms with Gasteiger partial charge < -0.3 is 10.6 Å². The fourth-order valence-corrected chi connectivity index (χ4v) is 2.78. The highest BCUT2D eigenvalue weighted by molar-refractivity contribution is 7.16. The Morgan fingerprint density at radius 2 is 2.16 bits per heavy atom. The SMILES string of the molecule is CN(Cc1ccc(Cl)s1)C(=O)c1ccc(F)c(N)c1. The van der Waals surface area contributed by atoms with E-state index in [0.29, 0.717) is 16.4 Å². The van der Waals surface area contributed by atoms with E-state index in [4.69, 9.17) is 17.3 Å². The van der Waals surface area contributed by atoms with Crippen LogP contribution in [-0.4, -0.2) is 17.9 Å².